The number of carbonyl (C=O) groups is 1. The largest absolute Gasteiger partial charge is 0.492 e. The van der Waals surface area contributed by atoms with E-state index in [0.29, 0.717) is 13.0 Å². The van der Waals surface area contributed by atoms with Gasteiger partial charge in [-0.2, -0.15) is 0 Å². The van der Waals surface area contributed by atoms with Crippen molar-refractivity contribution in [1.29, 1.82) is 0 Å². The zero-order valence-corrected chi connectivity index (χ0v) is 18.6. The molecule has 1 aromatic heterocycles. The van der Waals surface area contributed by atoms with Gasteiger partial charge in [-0.05, 0) is 37.6 Å². The summed E-state index contributed by atoms with van der Waals surface area (Å²) in [5.74, 6) is 1.79. The van der Waals surface area contributed by atoms with Gasteiger partial charge >= 0.3 is 0 Å². The molecular weight excluding hydrogens is 458 g/mol. The Balaban J connectivity index is 1.46. The fraction of sp³-hybridized carbons (Fsp3) is 0.250. The van der Waals surface area contributed by atoms with Crippen LogP contribution in [0, 0.1) is 0 Å². The molecule has 0 radical (unpaired) electrons. The fourth-order valence-electron chi connectivity index (χ4n) is 2.46. The van der Waals surface area contributed by atoms with Gasteiger partial charge in [-0.15, -0.1) is 10.2 Å². The topological polar surface area (TPSA) is 64.1 Å². The van der Waals surface area contributed by atoms with Crippen molar-refractivity contribution in [3.05, 3.63) is 58.6 Å². The van der Waals surface area contributed by atoms with Crippen LogP contribution in [0.4, 0.5) is 10.8 Å². The molecule has 0 atom stereocenters. The number of rotatable bonds is 10. The number of ether oxygens (including phenoxy) is 1. The Bertz CT molecular complexity index is 916. The number of ketones is 1. The highest BCUT2D eigenvalue weighted by Gasteiger charge is 2.09. The number of aromatic nitrogens is 2. The Kier molecular flexibility index (Phi) is 7.88. The minimum absolute atomic E-state index is 0.167. The van der Waals surface area contributed by atoms with Gasteiger partial charge in [-0.1, -0.05) is 63.3 Å². The summed E-state index contributed by atoms with van der Waals surface area (Å²) < 4.78 is 7.47. The number of anilines is 2. The first-order valence-electron chi connectivity index (χ1n) is 8.89. The van der Waals surface area contributed by atoms with Crippen LogP contribution in [0.2, 0.25) is 0 Å². The molecule has 0 aliphatic carbocycles. The Morgan fingerprint density at radius 2 is 1.96 bits per heavy atom. The van der Waals surface area contributed by atoms with Crippen LogP contribution in [0.15, 0.2) is 57.3 Å². The molecule has 3 rings (SSSR count). The molecule has 28 heavy (non-hydrogen) atoms. The van der Waals surface area contributed by atoms with Crippen molar-refractivity contribution >= 4 is 55.6 Å². The SMILES string of the molecule is CCOc1ccccc1Nc1nnc(SCCCC(=O)c2ccc(Br)cc2)s1. The first-order valence-corrected chi connectivity index (χ1v) is 11.5. The van der Waals surface area contributed by atoms with Crippen LogP contribution in [0.5, 0.6) is 5.75 Å². The maximum atomic E-state index is 12.2. The van der Waals surface area contributed by atoms with E-state index in [1.807, 2.05) is 55.5 Å². The molecule has 1 heterocycles. The molecule has 0 aliphatic rings. The van der Waals surface area contributed by atoms with E-state index in [9.17, 15) is 4.79 Å². The van der Waals surface area contributed by atoms with E-state index in [4.69, 9.17) is 4.74 Å². The second-order valence-electron chi connectivity index (χ2n) is 5.81. The van der Waals surface area contributed by atoms with Crippen LogP contribution in [0.3, 0.4) is 0 Å². The normalized spacial score (nSPS) is 10.6. The smallest absolute Gasteiger partial charge is 0.210 e. The number of nitrogens with one attached hydrogen (secondary N) is 1. The number of halogens is 1. The van der Waals surface area contributed by atoms with E-state index in [1.54, 1.807) is 11.8 Å². The van der Waals surface area contributed by atoms with Crippen LogP contribution in [-0.4, -0.2) is 28.3 Å². The quantitative estimate of drug-likeness (QED) is 0.213. The third kappa shape index (κ3) is 6.05. The number of nitrogens with zero attached hydrogens (tertiary/aromatic N) is 2. The fourth-order valence-corrected chi connectivity index (χ4v) is 4.50. The number of hydrogen-bond donors (Lipinski definition) is 1. The van der Waals surface area contributed by atoms with Crippen LogP contribution in [0.25, 0.3) is 0 Å². The van der Waals surface area contributed by atoms with E-state index >= 15 is 0 Å². The van der Waals surface area contributed by atoms with Gasteiger partial charge in [0.2, 0.25) is 5.13 Å². The molecule has 0 fully saturated rings. The van der Waals surface area contributed by atoms with Crippen molar-refractivity contribution in [2.75, 3.05) is 17.7 Å². The summed E-state index contributed by atoms with van der Waals surface area (Å²) in [5.41, 5.74) is 1.63. The number of hydrogen-bond acceptors (Lipinski definition) is 7. The number of para-hydroxylation sites is 2. The Morgan fingerprint density at radius 3 is 2.75 bits per heavy atom. The summed E-state index contributed by atoms with van der Waals surface area (Å²) in [4.78, 5) is 12.2. The molecule has 0 bridgehead atoms. The maximum Gasteiger partial charge on any atom is 0.210 e. The molecule has 0 amide bonds. The predicted molar refractivity (Wildman–Crippen MR) is 119 cm³/mol. The van der Waals surface area contributed by atoms with Gasteiger partial charge in [-0.3, -0.25) is 4.79 Å². The zero-order valence-electron chi connectivity index (χ0n) is 15.4. The van der Waals surface area contributed by atoms with Crippen molar-refractivity contribution in [3.8, 4) is 5.75 Å². The molecule has 2 aromatic carbocycles. The molecular formula is C20H20BrN3O2S2. The molecule has 146 valence electrons. The minimum atomic E-state index is 0.167. The third-order valence-electron chi connectivity index (χ3n) is 3.77. The van der Waals surface area contributed by atoms with Gasteiger partial charge < -0.3 is 10.1 Å². The monoisotopic (exact) mass is 477 g/mol. The first-order chi connectivity index (χ1) is 13.7. The molecule has 0 unspecified atom stereocenters. The van der Waals surface area contributed by atoms with E-state index in [-0.39, 0.29) is 5.78 Å². The third-order valence-corrected chi connectivity index (χ3v) is 6.36. The van der Waals surface area contributed by atoms with E-state index in [0.717, 1.165) is 43.1 Å². The molecule has 5 nitrogen and oxygen atoms in total. The lowest BCUT2D eigenvalue weighted by atomic mass is 10.1. The van der Waals surface area contributed by atoms with Gasteiger partial charge in [-0.25, -0.2) is 0 Å². The van der Waals surface area contributed by atoms with Crippen LogP contribution in [-0.2, 0) is 0 Å². The summed E-state index contributed by atoms with van der Waals surface area (Å²) in [6.45, 7) is 2.56. The lowest BCUT2D eigenvalue weighted by Gasteiger charge is -2.09. The van der Waals surface area contributed by atoms with Crippen molar-refractivity contribution in [1.82, 2.24) is 10.2 Å². The number of thioether (sulfide) groups is 1. The number of Topliss-reactive ketones (excluding diaryl/α,β-unsaturated/α-hetero) is 1. The van der Waals surface area contributed by atoms with Gasteiger partial charge in [0.15, 0.2) is 10.1 Å². The summed E-state index contributed by atoms with van der Waals surface area (Å²) in [6.07, 6.45) is 1.33. The van der Waals surface area contributed by atoms with E-state index in [2.05, 4.69) is 31.4 Å². The number of carbonyl (C=O) groups excluding carboxylic acids is 1. The Morgan fingerprint density at radius 1 is 1.18 bits per heavy atom. The van der Waals surface area contributed by atoms with E-state index in [1.165, 1.54) is 11.3 Å². The Labute approximate surface area is 181 Å². The maximum absolute atomic E-state index is 12.2. The van der Waals surface area contributed by atoms with Crippen LogP contribution >= 0.6 is 39.0 Å². The summed E-state index contributed by atoms with van der Waals surface area (Å²) in [7, 11) is 0. The predicted octanol–water partition coefficient (Wildman–Crippen LogP) is 6.20. The zero-order chi connectivity index (χ0) is 19.8. The molecule has 0 saturated heterocycles. The number of benzene rings is 2. The second-order valence-corrected chi connectivity index (χ2v) is 9.04. The lowest BCUT2D eigenvalue weighted by molar-refractivity contribution is 0.0982. The highest BCUT2D eigenvalue weighted by Crippen LogP contribution is 2.32. The second kappa shape index (κ2) is 10.6. The Hall–Kier alpha value is -1.90. The van der Waals surface area contributed by atoms with Gasteiger partial charge in [0.1, 0.15) is 5.75 Å². The first kappa shape index (κ1) is 20.8. The highest BCUT2D eigenvalue weighted by atomic mass is 79.9. The average Bonchev–Trinajstić information content (AvgIpc) is 3.15. The van der Waals surface area contributed by atoms with Gasteiger partial charge in [0.05, 0.1) is 12.3 Å². The highest BCUT2D eigenvalue weighted by molar-refractivity contribution is 9.10. The van der Waals surface area contributed by atoms with Crippen molar-refractivity contribution in [2.45, 2.75) is 24.1 Å². The van der Waals surface area contributed by atoms with E-state index < -0.39 is 0 Å². The minimum Gasteiger partial charge on any atom is -0.492 e. The molecule has 1 N–H and O–H groups in total. The van der Waals surface area contributed by atoms with Gasteiger partial charge in [0.25, 0.3) is 0 Å². The van der Waals surface area contributed by atoms with Crippen molar-refractivity contribution in [2.24, 2.45) is 0 Å². The lowest BCUT2D eigenvalue weighted by Crippen LogP contribution is -1.99. The van der Waals surface area contributed by atoms with Crippen LogP contribution in [0.1, 0.15) is 30.1 Å². The summed E-state index contributed by atoms with van der Waals surface area (Å²) in [5, 5.41) is 12.4. The summed E-state index contributed by atoms with van der Waals surface area (Å²) in [6, 6.07) is 15.2. The van der Waals surface area contributed by atoms with Crippen LogP contribution < -0.4 is 10.1 Å². The standard InChI is InChI=1S/C20H20BrN3O2S2/c1-2-26-18-8-4-3-6-16(18)22-19-23-24-20(28-19)27-13-5-7-17(25)14-9-11-15(21)12-10-14/h3-4,6,8-12H,2,5,7,13H2,1H3,(H,22,23). The summed E-state index contributed by atoms with van der Waals surface area (Å²) >= 11 is 6.50. The molecule has 8 heteroatoms. The van der Waals surface area contributed by atoms with Crippen molar-refractivity contribution < 1.29 is 9.53 Å². The van der Waals surface area contributed by atoms with Gasteiger partial charge in [0, 0.05) is 22.2 Å². The van der Waals surface area contributed by atoms with Crippen molar-refractivity contribution in [3.63, 3.8) is 0 Å². The molecule has 0 spiro atoms. The molecule has 0 saturated carbocycles. The molecule has 3 aromatic rings. The molecule has 0 aliphatic heterocycles. The average molecular weight is 478 g/mol.